The number of carbonyl (C=O) groups is 4. The summed E-state index contributed by atoms with van der Waals surface area (Å²) in [6.45, 7) is 16.1. The third kappa shape index (κ3) is 15.6. The van der Waals surface area contributed by atoms with Gasteiger partial charge in [-0.25, -0.2) is 19.2 Å². The van der Waals surface area contributed by atoms with Crippen LogP contribution in [-0.4, -0.2) is 50.3 Å². The van der Waals surface area contributed by atoms with E-state index in [9.17, 15) is 19.2 Å². The van der Waals surface area contributed by atoms with Crippen LogP contribution in [0.2, 0.25) is 0 Å². The molecule has 0 aliphatic rings. The Labute approximate surface area is 390 Å². The lowest BCUT2D eigenvalue weighted by atomic mass is 9.95. The van der Waals surface area contributed by atoms with Gasteiger partial charge in [0.2, 0.25) is 0 Å². The van der Waals surface area contributed by atoms with Crippen molar-refractivity contribution in [3.63, 3.8) is 0 Å². The highest BCUT2D eigenvalue weighted by atomic mass is 16.5. The van der Waals surface area contributed by atoms with E-state index in [-0.39, 0.29) is 48.7 Å². The lowest BCUT2D eigenvalue weighted by Gasteiger charge is -2.12. The highest BCUT2D eigenvalue weighted by Gasteiger charge is 2.18. The molecule has 0 radical (unpaired) electrons. The van der Waals surface area contributed by atoms with Gasteiger partial charge < -0.3 is 18.9 Å². The topological polar surface area (TPSA) is 105 Å². The Balaban J connectivity index is 1.31. The minimum Gasteiger partial charge on any atom is -0.462 e. The van der Waals surface area contributed by atoms with Crippen LogP contribution in [0.25, 0.3) is 44.5 Å². The predicted molar refractivity (Wildman–Crippen MR) is 266 cm³/mol. The van der Waals surface area contributed by atoms with Gasteiger partial charge in [0, 0.05) is 0 Å². The Morgan fingerprint density at radius 3 is 0.697 bits per heavy atom. The summed E-state index contributed by atoms with van der Waals surface area (Å²) in [4.78, 5) is 52.6. The molecule has 0 aliphatic carbocycles. The Bertz CT molecular complexity index is 2140. The molecule has 8 heteroatoms. The van der Waals surface area contributed by atoms with Gasteiger partial charge in [-0.3, -0.25) is 0 Å². The Kier molecular flexibility index (Phi) is 20.7. The van der Waals surface area contributed by atoms with Gasteiger partial charge in [-0.1, -0.05) is 97.1 Å². The van der Waals surface area contributed by atoms with Crippen LogP contribution >= 0.6 is 0 Å². The average Bonchev–Trinajstić information content (AvgIpc) is 3.35. The molecule has 0 unspecified atom stereocenters. The van der Waals surface area contributed by atoms with Gasteiger partial charge in [-0.15, -0.1) is 26.3 Å². The summed E-state index contributed by atoms with van der Waals surface area (Å²) in [6, 6.07) is 34.3. The summed E-state index contributed by atoms with van der Waals surface area (Å²) in [5, 5.41) is 0. The molecular formula is C58H62O8. The molecule has 5 aromatic rings. The quantitative estimate of drug-likeness (QED) is 0.0212. The van der Waals surface area contributed by atoms with Gasteiger partial charge in [0.1, 0.15) is 0 Å². The van der Waals surface area contributed by atoms with Crippen LogP contribution in [0.1, 0.15) is 118 Å². The molecule has 5 aromatic carbocycles. The van der Waals surface area contributed by atoms with E-state index in [0.29, 0.717) is 11.1 Å². The summed E-state index contributed by atoms with van der Waals surface area (Å²) < 4.78 is 22.3. The summed E-state index contributed by atoms with van der Waals surface area (Å²) in [5.41, 5.74) is 8.25. The number of unbranched alkanes of at least 4 members (excludes halogenated alkanes) is 8. The Morgan fingerprint density at radius 2 is 0.500 bits per heavy atom. The van der Waals surface area contributed by atoms with Crippen LogP contribution in [0.15, 0.2) is 160 Å². The summed E-state index contributed by atoms with van der Waals surface area (Å²) in [6.07, 6.45) is 17.1. The molecule has 0 heterocycles. The number of hydrogen-bond donors (Lipinski definition) is 0. The first-order valence-corrected chi connectivity index (χ1v) is 23.0. The first-order valence-electron chi connectivity index (χ1n) is 23.0. The minimum absolute atomic E-state index is 0.280. The fourth-order valence-corrected chi connectivity index (χ4v) is 7.18. The fourth-order valence-electron chi connectivity index (χ4n) is 7.18. The van der Waals surface area contributed by atoms with Crippen LogP contribution in [0, 0.1) is 0 Å². The standard InChI is InChI=1S/C58H62O8/c1-5-9-13-17-33-63-55(59)51-37-49(38-52(41-51)56(60)64-34-18-14-10-6-2)47-29-25-45(26-30-47)43-21-23-44(24-22-43)46-27-31-48(32-28-46)50-39-53(57(61)65-35-19-15-11-7-3)42-54(40-50)58(62)66-36-20-16-12-8-4/h5-8,21-32,37-42H,1-4,9-20,33-36H2. The highest BCUT2D eigenvalue weighted by Crippen LogP contribution is 2.31. The van der Waals surface area contributed by atoms with E-state index in [1.807, 2.05) is 72.8 Å². The molecule has 0 saturated heterocycles. The largest absolute Gasteiger partial charge is 0.462 e. The first kappa shape index (κ1) is 49.9. The van der Waals surface area contributed by atoms with Crippen molar-refractivity contribution < 1.29 is 38.1 Å². The van der Waals surface area contributed by atoms with E-state index in [4.69, 9.17) is 18.9 Å². The van der Waals surface area contributed by atoms with Crippen molar-refractivity contribution in [3.8, 4) is 44.5 Å². The third-order valence-corrected chi connectivity index (χ3v) is 10.9. The Morgan fingerprint density at radius 1 is 0.303 bits per heavy atom. The summed E-state index contributed by atoms with van der Waals surface area (Å²) in [7, 11) is 0. The van der Waals surface area contributed by atoms with E-state index >= 15 is 0 Å². The van der Waals surface area contributed by atoms with Crippen LogP contribution in [0.3, 0.4) is 0 Å². The molecule has 0 saturated carbocycles. The fraction of sp³-hybridized carbons (Fsp3) is 0.276. The van der Waals surface area contributed by atoms with E-state index < -0.39 is 23.9 Å². The molecule has 8 nitrogen and oxygen atoms in total. The number of ether oxygens (including phenoxy) is 4. The SMILES string of the molecule is C=CCCCCOC(=O)c1cc(C(=O)OCCCCC=C)cc(-c2ccc(-c3ccc(-c4ccc(-c5cc(C(=O)OCCCCC=C)cc(C(=O)OCCCCC=C)c5)cc4)cc3)cc2)c1. The molecule has 0 aliphatic heterocycles. The minimum atomic E-state index is -0.489. The zero-order valence-electron chi connectivity index (χ0n) is 38.1. The molecule has 0 bridgehead atoms. The van der Waals surface area contributed by atoms with Gasteiger partial charge in [0.25, 0.3) is 0 Å². The number of esters is 4. The van der Waals surface area contributed by atoms with Crippen molar-refractivity contribution in [2.45, 2.75) is 77.0 Å². The highest BCUT2D eigenvalue weighted by molar-refractivity contribution is 5.99. The van der Waals surface area contributed by atoms with E-state index in [1.54, 1.807) is 36.4 Å². The van der Waals surface area contributed by atoms with E-state index in [2.05, 4.69) is 50.6 Å². The first-order chi connectivity index (χ1) is 32.2. The zero-order valence-corrected chi connectivity index (χ0v) is 38.1. The van der Waals surface area contributed by atoms with Crippen molar-refractivity contribution in [2.24, 2.45) is 0 Å². The average molecular weight is 887 g/mol. The molecular weight excluding hydrogens is 825 g/mol. The monoisotopic (exact) mass is 886 g/mol. The normalized spacial score (nSPS) is 10.7. The van der Waals surface area contributed by atoms with Crippen molar-refractivity contribution in [3.05, 3.63) is 182 Å². The maximum atomic E-state index is 13.2. The molecule has 66 heavy (non-hydrogen) atoms. The molecule has 0 aromatic heterocycles. The van der Waals surface area contributed by atoms with Gasteiger partial charge in [0.05, 0.1) is 48.7 Å². The summed E-state index contributed by atoms with van der Waals surface area (Å²) in [5.74, 6) is -1.96. The maximum absolute atomic E-state index is 13.2. The third-order valence-electron chi connectivity index (χ3n) is 10.9. The van der Waals surface area contributed by atoms with E-state index in [0.717, 1.165) is 110 Å². The maximum Gasteiger partial charge on any atom is 0.338 e. The van der Waals surface area contributed by atoms with Crippen molar-refractivity contribution in [1.82, 2.24) is 0 Å². The van der Waals surface area contributed by atoms with Crippen LogP contribution in [0.4, 0.5) is 0 Å². The molecule has 5 rings (SSSR count). The second kappa shape index (κ2) is 27.3. The van der Waals surface area contributed by atoms with Crippen molar-refractivity contribution in [1.29, 1.82) is 0 Å². The molecule has 0 fully saturated rings. The Hall–Kier alpha value is -7.06. The van der Waals surface area contributed by atoms with E-state index in [1.165, 1.54) is 0 Å². The number of benzene rings is 5. The molecule has 0 amide bonds. The second-order valence-electron chi connectivity index (χ2n) is 16.0. The van der Waals surface area contributed by atoms with Crippen molar-refractivity contribution >= 4 is 23.9 Å². The van der Waals surface area contributed by atoms with Crippen molar-refractivity contribution in [2.75, 3.05) is 26.4 Å². The van der Waals surface area contributed by atoms with Gasteiger partial charge in [0.15, 0.2) is 0 Å². The number of carbonyl (C=O) groups excluding carboxylic acids is 4. The van der Waals surface area contributed by atoms with Gasteiger partial charge in [-0.05, 0) is 158 Å². The molecule has 0 N–H and O–H groups in total. The second-order valence-corrected chi connectivity index (χ2v) is 16.0. The smallest absolute Gasteiger partial charge is 0.338 e. The summed E-state index contributed by atoms with van der Waals surface area (Å²) >= 11 is 0. The zero-order chi connectivity index (χ0) is 46.9. The van der Waals surface area contributed by atoms with Crippen LogP contribution in [-0.2, 0) is 18.9 Å². The van der Waals surface area contributed by atoms with Crippen LogP contribution in [0.5, 0.6) is 0 Å². The van der Waals surface area contributed by atoms with Crippen LogP contribution < -0.4 is 0 Å². The lowest BCUT2D eigenvalue weighted by Crippen LogP contribution is -2.11. The molecule has 0 atom stereocenters. The number of hydrogen-bond acceptors (Lipinski definition) is 8. The van der Waals surface area contributed by atoms with Gasteiger partial charge >= 0.3 is 23.9 Å². The molecule has 342 valence electrons. The van der Waals surface area contributed by atoms with Gasteiger partial charge in [-0.2, -0.15) is 0 Å². The lowest BCUT2D eigenvalue weighted by molar-refractivity contribution is 0.0479. The molecule has 0 spiro atoms. The number of rotatable bonds is 28. The number of allylic oxidation sites excluding steroid dienone is 4. The predicted octanol–water partition coefficient (Wildman–Crippen LogP) is 14.4.